The molecule has 0 fully saturated rings. The maximum atomic E-state index is 10.3. The van der Waals surface area contributed by atoms with Crippen molar-refractivity contribution in [1.29, 1.82) is 0 Å². The first-order chi connectivity index (χ1) is 9.13. The van der Waals surface area contributed by atoms with Gasteiger partial charge in [0.25, 0.3) is 0 Å². The molecule has 1 unspecified atom stereocenters. The van der Waals surface area contributed by atoms with Gasteiger partial charge in [-0.2, -0.15) is 0 Å². The highest BCUT2D eigenvalue weighted by Crippen LogP contribution is 2.30. The molecule has 0 bridgehead atoms. The van der Waals surface area contributed by atoms with Crippen LogP contribution in [0.25, 0.3) is 11.0 Å². The Bertz CT molecular complexity index is 717. The first-order valence-electron chi connectivity index (χ1n) is 5.76. The molecule has 0 radical (unpaired) electrons. The van der Waals surface area contributed by atoms with Gasteiger partial charge in [-0.1, -0.05) is 35.3 Å². The van der Waals surface area contributed by atoms with Crippen molar-refractivity contribution >= 4 is 34.2 Å². The molecule has 3 aromatic rings. The molecule has 96 valence electrons. The topological polar surface area (TPSA) is 33.4 Å². The highest BCUT2D eigenvalue weighted by atomic mass is 35.5. The Labute approximate surface area is 120 Å². The fraction of sp³-hybridized carbons (Fsp3) is 0.0667. The van der Waals surface area contributed by atoms with Crippen LogP contribution in [0, 0.1) is 0 Å². The van der Waals surface area contributed by atoms with Crippen LogP contribution >= 0.6 is 23.2 Å². The van der Waals surface area contributed by atoms with E-state index in [-0.39, 0.29) is 0 Å². The predicted molar refractivity (Wildman–Crippen MR) is 76.7 cm³/mol. The summed E-state index contributed by atoms with van der Waals surface area (Å²) in [5.74, 6) is 0.486. The maximum Gasteiger partial charge on any atom is 0.138 e. The Hall–Kier alpha value is -1.48. The van der Waals surface area contributed by atoms with E-state index in [2.05, 4.69) is 0 Å². The number of hydrogen-bond donors (Lipinski definition) is 1. The monoisotopic (exact) mass is 292 g/mol. The molecule has 1 N–H and O–H groups in total. The average molecular weight is 293 g/mol. The normalized spacial score (nSPS) is 12.8. The number of hydrogen-bond acceptors (Lipinski definition) is 2. The van der Waals surface area contributed by atoms with E-state index >= 15 is 0 Å². The molecule has 2 nitrogen and oxygen atoms in total. The molecular formula is C15H10Cl2O2. The highest BCUT2D eigenvalue weighted by Gasteiger charge is 2.15. The first-order valence-corrected chi connectivity index (χ1v) is 6.51. The van der Waals surface area contributed by atoms with E-state index in [0.717, 1.165) is 10.9 Å². The molecule has 4 heteroatoms. The van der Waals surface area contributed by atoms with E-state index in [1.54, 1.807) is 48.5 Å². The van der Waals surface area contributed by atoms with Crippen LogP contribution in [-0.4, -0.2) is 5.11 Å². The largest absolute Gasteiger partial charge is 0.458 e. The van der Waals surface area contributed by atoms with Gasteiger partial charge in [0.1, 0.15) is 17.4 Å². The van der Waals surface area contributed by atoms with Gasteiger partial charge in [0.2, 0.25) is 0 Å². The summed E-state index contributed by atoms with van der Waals surface area (Å²) in [5.41, 5.74) is 1.43. The van der Waals surface area contributed by atoms with Crippen molar-refractivity contribution in [2.45, 2.75) is 6.10 Å². The zero-order chi connectivity index (χ0) is 13.4. The van der Waals surface area contributed by atoms with Gasteiger partial charge in [0.15, 0.2) is 0 Å². The lowest BCUT2D eigenvalue weighted by Crippen LogP contribution is -1.97. The molecule has 1 atom stereocenters. The summed E-state index contributed by atoms with van der Waals surface area (Å²) >= 11 is 11.7. The number of furan rings is 1. The lowest BCUT2D eigenvalue weighted by Gasteiger charge is -2.07. The summed E-state index contributed by atoms with van der Waals surface area (Å²) in [7, 11) is 0. The molecule has 0 aliphatic heterocycles. The van der Waals surface area contributed by atoms with Crippen molar-refractivity contribution in [3.8, 4) is 0 Å². The maximum absolute atomic E-state index is 10.3. The minimum absolute atomic E-state index is 0.486. The number of benzene rings is 2. The van der Waals surface area contributed by atoms with Gasteiger partial charge in [-0.15, -0.1) is 0 Å². The average Bonchev–Trinajstić information content (AvgIpc) is 2.81. The van der Waals surface area contributed by atoms with Crippen molar-refractivity contribution in [1.82, 2.24) is 0 Å². The highest BCUT2D eigenvalue weighted by molar-refractivity contribution is 6.31. The van der Waals surface area contributed by atoms with Gasteiger partial charge in [-0.25, -0.2) is 0 Å². The minimum atomic E-state index is -0.816. The van der Waals surface area contributed by atoms with Gasteiger partial charge >= 0.3 is 0 Å². The van der Waals surface area contributed by atoms with Crippen molar-refractivity contribution in [2.24, 2.45) is 0 Å². The number of aliphatic hydroxyl groups excluding tert-OH is 1. The van der Waals surface area contributed by atoms with E-state index in [9.17, 15) is 5.11 Å². The van der Waals surface area contributed by atoms with Gasteiger partial charge in [-0.05, 0) is 42.0 Å². The third-order valence-corrected chi connectivity index (χ3v) is 3.44. The molecule has 0 spiro atoms. The summed E-state index contributed by atoms with van der Waals surface area (Å²) in [6.45, 7) is 0. The molecule has 0 amide bonds. The minimum Gasteiger partial charge on any atom is -0.458 e. The van der Waals surface area contributed by atoms with E-state index in [1.807, 2.05) is 0 Å². The van der Waals surface area contributed by atoms with Crippen LogP contribution in [0.5, 0.6) is 0 Å². The Morgan fingerprint density at radius 3 is 2.32 bits per heavy atom. The summed E-state index contributed by atoms with van der Waals surface area (Å²) in [4.78, 5) is 0. The second kappa shape index (κ2) is 4.89. The van der Waals surface area contributed by atoms with Crippen LogP contribution < -0.4 is 0 Å². The number of rotatable bonds is 2. The Balaban J connectivity index is 2.01. The number of halogens is 2. The molecule has 3 rings (SSSR count). The second-order valence-electron chi connectivity index (χ2n) is 4.29. The Morgan fingerprint density at radius 2 is 1.58 bits per heavy atom. The van der Waals surface area contributed by atoms with Crippen LogP contribution in [0.4, 0.5) is 0 Å². The second-order valence-corrected chi connectivity index (χ2v) is 5.16. The van der Waals surface area contributed by atoms with Gasteiger partial charge in [0.05, 0.1) is 0 Å². The molecule has 0 aliphatic rings. The van der Waals surface area contributed by atoms with Gasteiger partial charge in [0, 0.05) is 15.4 Å². The van der Waals surface area contributed by atoms with Crippen LogP contribution in [-0.2, 0) is 0 Å². The van der Waals surface area contributed by atoms with Crippen LogP contribution in [0.3, 0.4) is 0 Å². The molecule has 1 aromatic heterocycles. The molecule has 1 heterocycles. The number of fused-ring (bicyclic) bond motifs is 1. The van der Waals surface area contributed by atoms with Crippen molar-refractivity contribution < 1.29 is 9.52 Å². The summed E-state index contributed by atoms with van der Waals surface area (Å²) in [5, 5.41) is 12.4. The quantitative estimate of drug-likeness (QED) is 0.734. The summed E-state index contributed by atoms with van der Waals surface area (Å²) in [6.07, 6.45) is -0.816. The lowest BCUT2D eigenvalue weighted by molar-refractivity contribution is 0.192. The molecule has 0 aliphatic carbocycles. The fourth-order valence-electron chi connectivity index (χ4n) is 1.98. The molecule has 0 saturated heterocycles. The fourth-order valence-corrected chi connectivity index (χ4v) is 2.29. The third kappa shape index (κ3) is 2.47. The Morgan fingerprint density at radius 1 is 0.895 bits per heavy atom. The van der Waals surface area contributed by atoms with Crippen LogP contribution in [0.2, 0.25) is 10.0 Å². The first kappa shape index (κ1) is 12.5. The van der Waals surface area contributed by atoms with Crippen LogP contribution in [0.1, 0.15) is 17.4 Å². The molecule has 0 saturated carbocycles. The molecule has 2 aromatic carbocycles. The molecular weight excluding hydrogens is 283 g/mol. The summed E-state index contributed by atoms with van der Waals surface area (Å²) in [6, 6.07) is 14.2. The SMILES string of the molecule is OC(c1ccc(Cl)cc1)c1cc2cc(Cl)ccc2o1. The van der Waals surface area contributed by atoms with E-state index in [1.165, 1.54) is 0 Å². The zero-order valence-electron chi connectivity index (χ0n) is 9.81. The zero-order valence-corrected chi connectivity index (χ0v) is 11.3. The predicted octanol–water partition coefficient (Wildman–Crippen LogP) is 4.82. The summed E-state index contributed by atoms with van der Waals surface area (Å²) < 4.78 is 5.63. The molecule has 19 heavy (non-hydrogen) atoms. The van der Waals surface area contributed by atoms with Crippen molar-refractivity contribution in [3.63, 3.8) is 0 Å². The third-order valence-electron chi connectivity index (χ3n) is 2.95. The van der Waals surface area contributed by atoms with Gasteiger partial charge < -0.3 is 9.52 Å². The van der Waals surface area contributed by atoms with Crippen LogP contribution in [0.15, 0.2) is 52.9 Å². The smallest absolute Gasteiger partial charge is 0.138 e. The number of aliphatic hydroxyl groups is 1. The Kier molecular flexibility index (Phi) is 3.23. The standard InChI is InChI=1S/C15H10Cl2O2/c16-11-3-1-9(2-4-11)15(18)14-8-10-7-12(17)5-6-13(10)19-14/h1-8,15,18H. The van der Waals surface area contributed by atoms with E-state index in [4.69, 9.17) is 27.6 Å². The lowest BCUT2D eigenvalue weighted by atomic mass is 10.1. The van der Waals surface area contributed by atoms with E-state index < -0.39 is 6.10 Å². The van der Waals surface area contributed by atoms with Crippen molar-refractivity contribution in [3.05, 3.63) is 69.9 Å². The van der Waals surface area contributed by atoms with E-state index in [0.29, 0.717) is 21.4 Å². The van der Waals surface area contributed by atoms with Gasteiger partial charge in [-0.3, -0.25) is 0 Å². The van der Waals surface area contributed by atoms with Crippen molar-refractivity contribution in [2.75, 3.05) is 0 Å².